The third-order valence-electron chi connectivity index (χ3n) is 0.929. The van der Waals surface area contributed by atoms with E-state index in [2.05, 4.69) is 19.9 Å². The van der Waals surface area contributed by atoms with Crippen molar-refractivity contribution in [3.63, 3.8) is 0 Å². The molecule has 0 aromatic rings. The third-order valence-corrected chi connectivity index (χ3v) is 3.56. The molecule has 6 nitrogen and oxygen atoms in total. The molecule has 0 aliphatic rings. The van der Waals surface area contributed by atoms with Gasteiger partial charge in [0.1, 0.15) is 0 Å². The first-order valence-electron chi connectivity index (χ1n) is 3.52. The zero-order valence-corrected chi connectivity index (χ0v) is 11.3. The molecule has 0 bridgehead atoms. The minimum absolute atomic E-state index is 0.0714. The van der Waals surface area contributed by atoms with Crippen LogP contribution in [0.4, 0.5) is 4.79 Å². The number of hydrogen-bond acceptors (Lipinski definition) is 5. The Morgan fingerprint density at radius 2 is 2.33 bits per heavy atom. The monoisotopic (exact) mass is 365 g/mol. The summed E-state index contributed by atoms with van der Waals surface area (Å²) >= 11 is 1.79. The zero-order chi connectivity index (χ0) is 11.9. The average Bonchev–Trinajstić information content (AvgIpc) is 2.00. The zero-order valence-electron chi connectivity index (χ0n) is 7.56. The third kappa shape index (κ3) is 10.1. The fourth-order valence-electron chi connectivity index (χ4n) is 0.543. The molecule has 0 fully saturated rings. The Balaban J connectivity index is 3.90. The summed E-state index contributed by atoms with van der Waals surface area (Å²) in [6.07, 6.45) is -0.794. The lowest BCUT2D eigenvalue weighted by Crippen LogP contribution is -2.31. The van der Waals surface area contributed by atoms with E-state index in [-0.39, 0.29) is 17.4 Å². The van der Waals surface area contributed by atoms with Crippen molar-refractivity contribution in [3.8, 4) is 9.85 Å². The Kier molecular flexibility index (Phi) is 7.07. The Labute approximate surface area is 105 Å². The van der Waals surface area contributed by atoms with E-state index in [0.29, 0.717) is 0 Å². The predicted molar refractivity (Wildman–Crippen MR) is 64.9 cm³/mol. The van der Waals surface area contributed by atoms with Crippen LogP contribution in [-0.4, -0.2) is 31.0 Å². The van der Waals surface area contributed by atoms with Gasteiger partial charge in [-0.2, -0.15) is 8.42 Å². The second kappa shape index (κ2) is 7.15. The molecule has 0 saturated heterocycles. The van der Waals surface area contributed by atoms with Crippen LogP contribution in [0.2, 0.25) is 0 Å². The van der Waals surface area contributed by atoms with Crippen molar-refractivity contribution < 1.29 is 22.5 Å². The lowest BCUT2D eigenvalue weighted by Gasteiger charge is -2.10. The van der Waals surface area contributed by atoms with Gasteiger partial charge < -0.3 is 10.1 Å². The number of carbonyl (C=O) groups is 1. The van der Waals surface area contributed by atoms with Crippen molar-refractivity contribution >= 4 is 48.6 Å². The number of halogens is 1. The smallest absolute Gasteiger partial charge is 0.408 e. The van der Waals surface area contributed by atoms with Gasteiger partial charge in [0.25, 0.3) is 0 Å². The molecule has 86 valence electrons. The van der Waals surface area contributed by atoms with Crippen LogP contribution in [0.25, 0.3) is 0 Å². The number of ether oxygens (including phenoxy) is 1. The van der Waals surface area contributed by atoms with Crippen LogP contribution in [0.3, 0.4) is 0 Å². The quantitative estimate of drug-likeness (QED) is 0.254. The number of alkyl carbamates (subject to hydrolysis) is 1. The van der Waals surface area contributed by atoms with Crippen molar-refractivity contribution in [2.75, 3.05) is 6.61 Å². The van der Waals surface area contributed by atoms with E-state index >= 15 is 0 Å². The molecule has 0 radical (unpaired) electrons. The molecule has 0 aliphatic heterocycles. The van der Waals surface area contributed by atoms with Crippen molar-refractivity contribution in [1.29, 1.82) is 0 Å². The summed E-state index contributed by atoms with van der Waals surface area (Å²) in [5, 5.41) is 1.38. The molecule has 1 atom stereocenters. The molecule has 9 heteroatoms. The minimum atomic E-state index is -4.18. The molecular weight excluding hydrogens is 357 g/mol. The maximum absolute atomic E-state index is 10.9. The molecule has 15 heavy (non-hydrogen) atoms. The van der Waals surface area contributed by atoms with E-state index in [0.717, 1.165) is 0 Å². The molecule has 0 heterocycles. The first-order valence-corrected chi connectivity index (χ1v) is 7.44. The van der Waals surface area contributed by atoms with Gasteiger partial charge >= 0.3 is 15.2 Å². The van der Waals surface area contributed by atoms with Gasteiger partial charge in [-0.1, -0.05) is 5.92 Å². The van der Waals surface area contributed by atoms with Crippen LogP contribution < -0.4 is 5.32 Å². The summed E-state index contributed by atoms with van der Waals surface area (Å²) in [6.45, 7) is 1.32. The molecule has 0 saturated carbocycles. The largest absolute Gasteiger partial charge is 0.436 e. The molecule has 2 N–H and O–H groups in total. The summed E-state index contributed by atoms with van der Waals surface area (Å²) in [7, 11) is -3.97. The van der Waals surface area contributed by atoms with Crippen LogP contribution >= 0.6 is 33.4 Å². The van der Waals surface area contributed by atoms with Crippen molar-refractivity contribution in [2.24, 2.45) is 0 Å². The molecular formula is C6H8INO5S2. The van der Waals surface area contributed by atoms with Gasteiger partial charge in [-0.15, -0.1) is 0 Å². The highest BCUT2D eigenvalue weighted by molar-refractivity contribution is 14.1. The number of nitrogens with one attached hydrogen (secondary N) is 1. The number of hydrogen-bond donors (Lipinski definition) is 2. The summed E-state index contributed by atoms with van der Waals surface area (Å²) in [4.78, 5) is 10.9. The number of carbonyl (C=O) groups excluding carboxylic acids is 1. The standard InChI is InChI=1S/C6H8INO5S2/c1-5(14-15(10,11)12)8-6(9)13-4-2-3-7/h5H,4H2,1H3,(H,8,9)(H,10,11,12). The van der Waals surface area contributed by atoms with Crippen molar-refractivity contribution in [1.82, 2.24) is 5.32 Å². The molecule has 0 spiro atoms. The maximum Gasteiger partial charge on any atom is 0.408 e. The van der Waals surface area contributed by atoms with Crippen LogP contribution in [0.5, 0.6) is 0 Å². The summed E-state index contributed by atoms with van der Waals surface area (Å²) < 4.78 is 36.2. The summed E-state index contributed by atoms with van der Waals surface area (Å²) in [6, 6.07) is 0. The second-order valence-corrected chi connectivity index (χ2v) is 6.29. The summed E-state index contributed by atoms with van der Waals surface area (Å²) in [5.74, 6) is 2.48. The first kappa shape index (κ1) is 14.8. The lowest BCUT2D eigenvalue weighted by atomic mass is 10.7. The topological polar surface area (TPSA) is 92.7 Å². The fraction of sp³-hybridized carbons (Fsp3) is 0.500. The van der Waals surface area contributed by atoms with E-state index in [1.807, 2.05) is 0 Å². The van der Waals surface area contributed by atoms with Gasteiger partial charge in [-0.25, -0.2) is 4.79 Å². The van der Waals surface area contributed by atoms with Crippen molar-refractivity contribution in [2.45, 2.75) is 12.3 Å². The molecule has 0 rings (SSSR count). The van der Waals surface area contributed by atoms with Gasteiger partial charge in [0.2, 0.25) is 0 Å². The van der Waals surface area contributed by atoms with Crippen LogP contribution in [0.1, 0.15) is 6.92 Å². The van der Waals surface area contributed by atoms with E-state index in [9.17, 15) is 13.2 Å². The lowest BCUT2D eigenvalue weighted by molar-refractivity contribution is 0.160. The van der Waals surface area contributed by atoms with Gasteiger partial charge in [-0.3, -0.25) is 4.55 Å². The Morgan fingerprint density at radius 3 is 2.80 bits per heavy atom. The van der Waals surface area contributed by atoms with Crippen LogP contribution in [0.15, 0.2) is 0 Å². The SMILES string of the molecule is CC(NC(=O)OCC#CI)SS(=O)(=O)O. The highest BCUT2D eigenvalue weighted by atomic mass is 127. The van der Waals surface area contributed by atoms with Gasteiger partial charge in [-0.05, 0) is 10.9 Å². The highest BCUT2D eigenvalue weighted by Crippen LogP contribution is 2.14. The highest BCUT2D eigenvalue weighted by Gasteiger charge is 2.15. The number of rotatable bonds is 4. The second-order valence-electron chi connectivity index (χ2n) is 2.16. The molecule has 0 aromatic heterocycles. The molecule has 0 aliphatic carbocycles. The van der Waals surface area contributed by atoms with E-state index in [1.165, 1.54) is 6.92 Å². The van der Waals surface area contributed by atoms with E-state index in [4.69, 9.17) is 4.55 Å². The Morgan fingerprint density at radius 1 is 1.73 bits per heavy atom. The van der Waals surface area contributed by atoms with Gasteiger partial charge in [0.05, 0.1) is 5.37 Å². The van der Waals surface area contributed by atoms with E-state index in [1.54, 1.807) is 22.6 Å². The first-order chi connectivity index (χ1) is 6.85. The summed E-state index contributed by atoms with van der Waals surface area (Å²) in [5.41, 5.74) is 0. The fourth-order valence-corrected chi connectivity index (χ4v) is 2.45. The predicted octanol–water partition coefficient (Wildman–Crippen LogP) is 0.991. The normalized spacial score (nSPS) is 12.2. The van der Waals surface area contributed by atoms with E-state index < -0.39 is 20.6 Å². The minimum Gasteiger partial charge on any atom is -0.436 e. The van der Waals surface area contributed by atoms with Crippen molar-refractivity contribution in [3.05, 3.63) is 0 Å². The molecule has 1 amide bonds. The maximum atomic E-state index is 10.9. The van der Waals surface area contributed by atoms with Gasteiger partial charge in [0, 0.05) is 33.4 Å². The number of amides is 1. The molecule has 0 aromatic carbocycles. The Hall–Kier alpha value is -0.180. The average molecular weight is 365 g/mol. The van der Waals surface area contributed by atoms with Crippen LogP contribution in [-0.2, 0) is 13.9 Å². The molecule has 1 unspecified atom stereocenters. The van der Waals surface area contributed by atoms with Gasteiger partial charge in [0.15, 0.2) is 6.61 Å². The Bertz CT molecular complexity index is 371. The van der Waals surface area contributed by atoms with Crippen LogP contribution in [0, 0.1) is 9.85 Å².